The number of halogens is 1. The van der Waals surface area contributed by atoms with E-state index in [1.54, 1.807) is 29.9 Å². The Bertz CT molecular complexity index is 705. The maximum Gasteiger partial charge on any atom is 0.123 e. The summed E-state index contributed by atoms with van der Waals surface area (Å²) in [6.45, 7) is 3.12. The van der Waals surface area contributed by atoms with Gasteiger partial charge in [0.2, 0.25) is 0 Å². The van der Waals surface area contributed by atoms with Crippen LogP contribution in [-0.4, -0.2) is 6.54 Å². The fraction of sp³-hybridized carbons (Fsp3) is 0.294. The zero-order valence-electron chi connectivity index (χ0n) is 11.9. The van der Waals surface area contributed by atoms with Gasteiger partial charge in [0.05, 0.1) is 12.5 Å². The molecule has 0 aliphatic carbocycles. The van der Waals surface area contributed by atoms with Crippen molar-refractivity contribution in [1.29, 1.82) is 0 Å². The van der Waals surface area contributed by atoms with Crippen molar-refractivity contribution in [2.75, 3.05) is 6.54 Å². The van der Waals surface area contributed by atoms with Gasteiger partial charge in [-0.3, -0.25) is 0 Å². The zero-order valence-corrected chi connectivity index (χ0v) is 12.8. The van der Waals surface area contributed by atoms with Crippen LogP contribution in [0.5, 0.6) is 0 Å². The third-order valence-electron chi connectivity index (χ3n) is 3.50. The first-order valence-corrected chi connectivity index (χ1v) is 8.01. The molecule has 1 aromatic carbocycles. The fourth-order valence-electron chi connectivity index (χ4n) is 2.44. The van der Waals surface area contributed by atoms with Crippen LogP contribution >= 0.6 is 11.3 Å². The summed E-state index contributed by atoms with van der Waals surface area (Å²) in [5.74, 6) is -0.181. The molecular weight excluding hydrogens is 285 g/mol. The van der Waals surface area contributed by atoms with Crippen LogP contribution in [0.3, 0.4) is 0 Å². The molecule has 0 fully saturated rings. The van der Waals surface area contributed by atoms with Crippen molar-refractivity contribution in [3.63, 3.8) is 0 Å². The van der Waals surface area contributed by atoms with Gasteiger partial charge in [-0.05, 0) is 60.7 Å². The number of fused-ring (bicyclic) bond motifs is 1. The number of thiophene rings is 1. The first kappa shape index (κ1) is 14.3. The van der Waals surface area contributed by atoms with Gasteiger partial charge in [-0.25, -0.2) is 4.39 Å². The number of hydrogen-bond donors (Lipinski definition) is 1. The molecule has 3 aromatic rings. The predicted molar refractivity (Wildman–Crippen MR) is 85.2 cm³/mol. The minimum atomic E-state index is -0.181. The zero-order chi connectivity index (χ0) is 14.7. The second-order valence-corrected chi connectivity index (χ2v) is 6.29. The third-order valence-corrected chi connectivity index (χ3v) is 4.73. The fourth-order valence-corrected chi connectivity index (χ4v) is 3.56. The van der Waals surface area contributed by atoms with Crippen LogP contribution in [0.2, 0.25) is 0 Å². The van der Waals surface area contributed by atoms with Gasteiger partial charge in [-0.1, -0.05) is 6.92 Å². The average molecular weight is 303 g/mol. The molecule has 2 aromatic heterocycles. The molecule has 0 radical (unpaired) electrons. The van der Waals surface area contributed by atoms with Crippen LogP contribution < -0.4 is 5.32 Å². The van der Waals surface area contributed by atoms with Crippen molar-refractivity contribution in [2.24, 2.45) is 0 Å². The van der Waals surface area contributed by atoms with E-state index in [0.29, 0.717) is 0 Å². The largest absolute Gasteiger partial charge is 0.472 e. The minimum Gasteiger partial charge on any atom is -0.472 e. The summed E-state index contributed by atoms with van der Waals surface area (Å²) >= 11 is 1.73. The molecule has 3 rings (SSSR count). The Kier molecular flexibility index (Phi) is 4.36. The second-order valence-electron chi connectivity index (χ2n) is 5.17. The summed E-state index contributed by atoms with van der Waals surface area (Å²) in [7, 11) is 0. The number of hydrogen-bond acceptors (Lipinski definition) is 3. The predicted octanol–water partition coefficient (Wildman–Crippen LogP) is 4.92. The first-order valence-electron chi connectivity index (χ1n) is 7.19. The molecule has 1 atom stereocenters. The quantitative estimate of drug-likeness (QED) is 0.699. The molecule has 0 spiro atoms. The van der Waals surface area contributed by atoms with Crippen molar-refractivity contribution in [3.8, 4) is 0 Å². The van der Waals surface area contributed by atoms with E-state index in [1.807, 2.05) is 12.1 Å². The van der Waals surface area contributed by atoms with Gasteiger partial charge >= 0.3 is 0 Å². The van der Waals surface area contributed by atoms with E-state index in [-0.39, 0.29) is 11.9 Å². The Labute approximate surface area is 127 Å². The van der Waals surface area contributed by atoms with E-state index in [4.69, 9.17) is 4.42 Å². The number of nitrogens with one attached hydrogen (secondary N) is 1. The molecule has 1 N–H and O–H groups in total. The normalized spacial score (nSPS) is 12.9. The highest BCUT2D eigenvalue weighted by atomic mass is 32.1. The van der Waals surface area contributed by atoms with E-state index in [9.17, 15) is 4.39 Å². The van der Waals surface area contributed by atoms with Crippen molar-refractivity contribution in [3.05, 3.63) is 59.1 Å². The Morgan fingerprint density at radius 1 is 1.29 bits per heavy atom. The van der Waals surface area contributed by atoms with Gasteiger partial charge in [-0.2, -0.15) is 0 Å². The SMILES string of the molecule is CCCNC(Cc1ccoc1)c1cc2cc(F)ccc2s1. The molecule has 0 saturated carbocycles. The molecule has 0 bridgehead atoms. The lowest BCUT2D eigenvalue weighted by molar-refractivity contribution is 0.526. The standard InChI is InChI=1S/C17H18FNOS/c1-2-6-19-15(8-12-5-7-20-11-12)17-10-13-9-14(18)3-4-16(13)21-17/h3-5,7,9-11,15,19H,2,6,8H2,1H3. The molecule has 110 valence electrons. The molecule has 0 aliphatic heterocycles. The number of furan rings is 1. The number of benzene rings is 1. The smallest absolute Gasteiger partial charge is 0.123 e. The van der Waals surface area contributed by atoms with Gasteiger partial charge < -0.3 is 9.73 Å². The lowest BCUT2D eigenvalue weighted by atomic mass is 10.1. The van der Waals surface area contributed by atoms with Crippen LogP contribution in [0.1, 0.15) is 29.8 Å². The molecule has 21 heavy (non-hydrogen) atoms. The summed E-state index contributed by atoms with van der Waals surface area (Å²) in [4.78, 5) is 1.24. The highest BCUT2D eigenvalue weighted by Gasteiger charge is 2.15. The van der Waals surface area contributed by atoms with Crippen molar-refractivity contribution >= 4 is 21.4 Å². The Balaban J connectivity index is 1.89. The van der Waals surface area contributed by atoms with Gasteiger partial charge in [0.1, 0.15) is 5.82 Å². The van der Waals surface area contributed by atoms with Crippen LogP contribution in [0.15, 0.2) is 47.3 Å². The summed E-state index contributed by atoms with van der Waals surface area (Å²) in [5.41, 5.74) is 1.17. The van der Waals surface area contributed by atoms with E-state index >= 15 is 0 Å². The lowest BCUT2D eigenvalue weighted by Gasteiger charge is -2.16. The summed E-state index contributed by atoms with van der Waals surface area (Å²) < 4.78 is 19.6. The molecule has 4 heteroatoms. The van der Waals surface area contributed by atoms with Crippen LogP contribution in [0.25, 0.3) is 10.1 Å². The first-order chi connectivity index (χ1) is 10.3. The van der Waals surface area contributed by atoms with Crippen LogP contribution in [0.4, 0.5) is 4.39 Å². The molecule has 1 unspecified atom stereocenters. The highest BCUT2D eigenvalue weighted by Crippen LogP contribution is 2.32. The summed E-state index contributed by atoms with van der Waals surface area (Å²) in [6.07, 6.45) is 5.45. The van der Waals surface area contributed by atoms with E-state index in [1.165, 1.54) is 16.5 Å². The highest BCUT2D eigenvalue weighted by molar-refractivity contribution is 7.19. The molecule has 2 nitrogen and oxygen atoms in total. The lowest BCUT2D eigenvalue weighted by Crippen LogP contribution is -2.23. The van der Waals surface area contributed by atoms with Crippen LogP contribution in [-0.2, 0) is 6.42 Å². The number of rotatable bonds is 6. The average Bonchev–Trinajstić information content (AvgIpc) is 3.11. The van der Waals surface area contributed by atoms with Crippen molar-refractivity contribution in [2.45, 2.75) is 25.8 Å². The van der Waals surface area contributed by atoms with Crippen molar-refractivity contribution < 1.29 is 8.81 Å². The van der Waals surface area contributed by atoms with Gasteiger partial charge in [0.25, 0.3) is 0 Å². The molecule has 0 amide bonds. The van der Waals surface area contributed by atoms with E-state index in [2.05, 4.69) is 18.3 Å². The van der Waals surface area contributed by atoms with Crippen LogP contribution in [0, 0.1) is 5.82 Å². The molecule has 0 saturated heterocycles. The summed E-state index contributed by atoms with van der Waals surface area (Å²) in [6, 6.07) is 9.30. The van der Waals surface area contributed by atoms with Gasteiger partial charge in [0.15, 0.2) is 0 Å². The monoisotopic (exact) mass is 303 g/mol. The molecule has 0 aliphatic rings. The molecule has 2 heterocycles. The second kappa shape index (κ2) is 6.41. The summed E-state index contributed by atoms with van der Waals surface area (Å²) in [5, 5.41) is 4.55. The third kappa shape index (κ3) is 3.34. The van der Waals surface area contributed by atoms with Crippen molar-refractivity contribution in [1.82, 2.24) is 5.32 Å². The maximum absolute atomic E-state index is 13.3. The maximum atomic E-state index is 13.3. The van der Waals surface area contributed by atoms with Gasteiger partial charge in [-0.15, -0.1) is 11.3 Å². The topological polar surface area (TPSA) is 25.2 Å². The Morgan fingerprint density at radius 2 is 2.19 bits per heavy atom. The Hall–Kier alpha value is -1.65. The van der Waals surface area contributed by atoms with E-state index < -0.39 is 0 Å². The minimum absolute atomic E-state index is 0.181. The van der Waals surface area contributed by atoms with E-state index in [0.717, 1.165) is 29.5 Å². The van der Waals surface area contributed by atoms with Gasteiger partial charge in [0, 0.05) is 15.6 Å². The molecular formula is C17H18FNOS. The Morgan fingerprint density at radius 3 is 2.95 bits per heavy atom.